The second-order valence-corrected chi connectivity index (χ2v) is 11.4. The molecule has 3 aromatic rings. The monoisotopic (exact) mass is 486 g/mol. The van der Waals surface area contributed by atoms with E-state index >= 15 is 0 Å². The molecular formula is C27H30N6OS. The van der Waals surface area contributed by atoms with Gasteiger partial charge in [0.25, 0.3) is 0 Å². The second kappa shape index (κ2) is 8.58. The molecule has 4 heterocycles. The number of aryl methyl sites for hydroxylation is 2. The van der Waals surface area contributed by atoms with Crippen LogP contribution in [0, 0.1) is 37.5 Å². The first-order chi connectivity index (χ1) is 17.0. The summed E-state index contributed by atoms with van der Waals surface area (Å²) in [6.45, 7) is 8.52. The van der Waals surface area contributed by atoms with Crippen molar-refractivity contribution in [3.05, 3.63) is 57.5 Å². The van der Waals surface area contributed by atoms with Gasteiger partial charge in [-0.25, -0.2) is 0 Å². The normalized spacial score (nSPS) is 20.9. The van der Waals surface area contributed by atoms with Crippen LogP contribution in [0.2, 0.25) is 0 Å². The van der Waals surface area contributed by atoms with Gasteiger partial charge in [0.1, 0.15) is 22.6 Å². The predicted octanol–water partition coefficient (Wildman–Crippen LogP) is 4.97. The first-order valence-corrected chi connectivity index (χ1v) is 13.2. The lowest BCUT2D eigenvalue weighted by Crippen LogP contribution is -2.49. The van der Waals surface area contributed by atoms with E-state index in [1.54, 1.807) is 11.3 Å². The number of benzene rings is 1. The number of fused-ring (bicyclic) bond motifs is 3. The van der Waals surface area contributed by atoms with E-state index in [-0.39, 0.29) is 12.5 Å². The van der Waals surface area contributed by atoms with Gasteiger partial charge in [0.2, 0.25) is 0 Å². The fourth-order valence-corrected chi connectivity index (χ4v) is 7.06. The first kappa shape index (κ1) is 22.4. The Kier molecular flexibility index (Phi) is 5.50. The highest BCUT2D eigenvalue weighted by Crippen LogP contribution is 2.49. The van der Waals surface area contributed by atoms with Crippen LogP contribution in [0.5, 0.6) is 5.75 Å². The van der Waals surface area contributed by atoms with Gasteiger partial charge in [-0.15, -0.1) is 21.5 Å². The van der Waals surface area contributed by atoms with Gasteiger partial charge in [0.05, 0.1) is 24.3 Å². The summed E-state index contributed by atoms with van der Waals surface area (Å²) in [6.07, 6.45) is 5.43. The van der Waals surface area contributed by atoms with Crippen LogP contribution in [0.25, 0.3) is 5.00 Å². The summed E-state index contributed by atoms with van der Waals surface area (Å²) in [5.41, 5.74) is 4.77. The number of hydrogen-bond donors (Lipinski definition) is 1. The minimum Gasteiger partial charge on any atom is -0.490 e. The van der Waals surface area contributed by atoms with Crippen LogP contribution in [-0.2, 0) is 0 Å². The maximum absolute atomic E-state index is 9.51. The van der Waals surface area contributed by atoms with Crippen LogP contribution < -0.4 is 10.1 Å². The third kappa shape index (κ3) is 3.78. The number of nitrogens with one attached hydrogen (secondary N) is 1. The highest BCUT2D eigenvalue weighted by atomic mass is 32.1. The second-order valence-electron chi connectivity index (χ2n) is 10.2. The number of nitriles is 1. The molecule has 3 aliphatic rings. The van der Waals surface area contributed by atoms with E-state index in [0.717, 1.165) is 65.2 Å². The molecule has 2 aliphatic heterocycles. The SMILES string of the molecule is Cc1sc2c(c1C)C(c1ccc(OC3CC4(CCNCC4)C3)cc1)=N[C@@H](CC#N)c1nnc(C)n1-2. The van der Waals surface area contributed by atoms with Crippen molar-refractivity contribution in [3.63, 3.8) is 0 Å². The Morgan fingerprint density at radius 1 is 1.14 bits per heavy atom. The fourth-order valence-electron chi connectivity index (χ4n) is 5.85. The van der Waals surface area contributed by atoms with Gasteiger partial charge in [-0.05, 0) is 94.8 Å². The lowest BCUT2D eigenvalue weighted by atomic mass is 9.62. The average molecular weight is 487 g/mol. The predicted molar refractivity (Wildman–Crippen MR) is 137 cm³/mol. The Labute approximate surface area is 209 Å². The number of aliphatic imine (C=N–C) groups is 1. The Balaban J connectivity index is 1.31. The maximum Gasteiger partial charge on any atom is 0.164 e. The lowest BCUT2D eigenvalue weighted by molar-refractivity contribution is -0.0347. The molecule has 6 rings (SSSR count). The van der Waals surface area contributed by atoms with E-state index in [2.05, 4.69) is 64.3 Å². The van der Waals surface area contributed by atoms with Gasteiger partial charge in [-0.2, -0.15) is 5.26 Å². The van der Waals surface area contributed by atoms with Crippen molar-refractivity contribution < 1.29 is 4.74 Å². The Morgan fingerprint density at radius 3 is 2.60 bits per heavy atom. The molecule has 1 aliphatic carbocycles. The van der Waals surface area contributed by atoms with Crippen LogP contribution in [0.4, 0.5) is 0 Å². The summed E-state index contributed by atoms with van der Waals surface area (Å²) < 4.78 is 8.42. The molecule has 0 unspecified atom stereocenters. The van der Waals surface area contributed by atoms with Gasteiger partial charge < -0.3 is 10.1 Å². The summed E-state index contributed by atoms with van der Waals surface area (Å²) in [7, 11) is 0. The Morgan fingerprint density at radius 2 is 1.89 bits per heavy atom. The van der Waals surface area contributed by atoms with E-state index in [1.807, 2.05) is 6.92 Å². The molecule has 2 fully saturated rings. The third-order valence-electron chi connectivity index (χ3n) is 7.94. The number of ether oxygens (including phenoxy) is 1. The van der Waals surface area contributed by atoms with Crippen molar-refractivity contribution in [2.45, 2.75) is 65.0 Å². The number of aromatic nitrogens is 3. The zero-order valence-electron chi connectivity index (χ0n) is 20.5. The molecule has 1 saturated heterocycles. The molecule has 7 nitrogen and oxygen atoms in total. The molecule has 0 amide bonds. The van der Waals surface area contributed by atoms with Crippen LogP contribution >= 0.6 is 11.3 Å². The minimum atomic E-state index is -0.359. The quantitative estimate of drug-likeness (QED) is 0.562. The van der Waals surface area contributed by atoms with Crippen LogP contribution in [0.3, 0.4) is 0 Å². The van der Waals surface area contributed by atoms with Crippen molar-refractivity contribution in [3.8, 4) is 16.8 Å². The average Bonchev–Trinajstić information content (AvgIpc) is 3.31. The van der Waals surface area contributed by atoms with Gasteiger partial charge in [0.15, 0.2) is 5.82 Å². The van der Waals surface area contributed by atoms with Gasteiger partial charge in [-0.3, -0.25) is 9.56 Å². The molecule has 1 saturated carbocycles. The number of rotatable bonds is 4. The van der Waals surface area contributed by atoms with Crippen LogP contribution in [-0.4, -0.2) is 39.7 Å². The molecule has 1 atom stereocenters. The van der Waals surface area contributed by atoms with E-state index < -0.39 is 0 Å². The van der Waals surface area contributed by atoms with E-state index in [0.29, 0.717) is 11.5 Å². The summed E-state index contributed by atoms with van der Waals surface area (Å²) in [5.74, 6) is 2.47. The van der Waals surface area contributed by atoms with Gasteiger partial charge >= 0.3 is 0 Å². The standard InChI is InChI=1S/C27H30N6OS/c1-16-17(2)35-26-23(16)24(30-22(8-11-28)25-32-31-18(3)33(25)26)19-4-6-20(7-5-19)34-21-14-27(15-21)9-12-29-13-10-27/h4-7,21-22,29H,8-10,12-15H2,1-3H3/t22-/m0/s1. The highest BCUT2D eigenvalue weighted by molar-refractivity contribution is 7.15. The van der Waals surface area contributed by atoms with E-state index in [9.17, 15) is 5.26 Å². The molecule has 8 heteroatoms. The zero-order chi connectivity index (χ0) is 24.2. The molecule has 1 N–H and O–H groups in total. The summed E-state index contributed by atoms with van der Waals surface area (Å²) in [5, 5.41) is 22.8. The molecule has 35 heavy (non-hydrogen) atoms. The minimum absolute atomic E-state index is 0.259. The fraction of sp³-hybridized carbons (Fsp3) is 0.481. The highest BCUT2D eigenvalue weighted by Gasteiger charge is 2.45. The molecule has 0 radical (unpaired) electrons. The Hall–Kier alpha value is -3.02. The molecule has 1 spiro atoms. The third-order valence-corrected chi connectivity index (χ3v) is 9.13. The number of nitrogens with zero attached hydrogens (tertiary/aromatic N) is 5. The van der Waals surface area contributed by atoms with Crippen molar-refractivity contribution >= 4 is 17.0 Å². The van der Waals surface area contributed by atoms with Crippen LogP contribution in [0.15, 0.2) is 29.3 Å². The molecule has 180 valence electrons. The number of piperidine rings is 1. The molecule has 0 bridgehead atoms. The van der Waals surface area contributed by atoms with Crippen molar-refractivity contribution in [2.24, 2.45) is 10.4 Å². The van der Waals surface area contributed by atoms with E-state index in [4.69, 9.17) is 9.73 Å². The lowest BCUT2D eigenvalue weighted by Gasteiger charge is -2.49. The topological polar surface area (TPSA) is 88.1 Å². The van der Waals surface area contributed by atoms with Crippen molar-refractivity contribution in [1.82, 2.24) is 20.1 Å². The Bertz CT molecular complexity index is 1330. The van der Waals surface area contributed by atoms with E-state index in [1.165, 1.54) is 23.3 Å². The largest absolute Gasteiger partial charge is 0.490 e. The number of thiophene rings is 1. The molecule has 1 aromatic carbocycles. The van der Waals surface area contributed by atoms with Crippen molar-refractivity contribution in [2.75, 3.05) is 13.1 Å². The summed E-state index contributed by atoms with van der Waals surface area (Å²) >= 11 is 1.73. The first-order valence-electron chi connectivity index (χ1n) is 12.4. The van der Waals surface area contributed by atoms with Gasteiger partial charge in [-0.1, -0.05) is 0 Å². The zero-order valence-corrected chi connectivity index (χ0v) is 21.3. The van der Waals surface area contributed by atoms with Crippen molar-refractivity contribution in [1.29, 1.82) is 5.26 Å². The molecular weight excluding hydrogens is 456 g/mol. The smallest absolute Gasteiger partial charge is 0.164 e. The van der Waals surface area contributed by atoms with Crippen LogP contribution in [0.1, 0.15) is 71.4 Å². The number of hydrogen-bond acceptors (Lipinski definition) is 7. The molecule has 2 aromatic heterocycles. The van der Waals surface area contributed by atoms with Gasteiger partial charge in [0, 0.05) is 16.0 Å². The maximum atomic E-state index is 9.51. The summed E-state index contributed by atoms with van der Waals surface area (Å²) in [4.78, 5) is 6.36. The summed E-state index contributed by atoms with van der Waals surface area (Å²) in [6, 6.07) is 10.3.